The zero-order chi connectivity index (χ0) is 22.4. The van der Waals surface area contributed by atoms with Crippen LogP contribution in [0.15, 0.2) is 114 Å². The summed E-state index contributed by atoms with van der Waals surface area (Å²) < 4.78 is 0. The van der Waals surface area contributed by atoms with Crippen molar-refractivity contribution < 1.29 is 4.79 Å². The third-order valence-corrected chi connectivity index (χ3v) is 8.52. The topological polar surface area (TPSA) is 20.3 Å². The molecule has 2 nitrogen and oxygen atoms in total. The Morgan fingerprint density at radius 2 is 1.42 bits per heavy atom. The highest BCUT2D eigenvalue weighted by atomic mass is 35.5. The summed E-state index contributed by atoms with van der Waals surface area (Å²) in [5.74, 6) is -0.101. The van der Waals surface area contributed by atoms with Crippen molar-refractivity contribution in [2.24, 2.45) is 0 Å². The number of carbonyl (C=O) groups excluding carboxylic acids is 1. The zero-order valence-electron chi connectivity index (χ0n) is 17.9. The minimum Gasteiger partial charge on any atom is -0.299 e. The summed E-state index contributed by atoms with van der Waals surface area (Å²) in [5, 5.41) is 0.871. The number of hydrogen-bond acceptors (Lipinski definition) is 2. The van der Waals surface area contributed by atoms with Crippen LogP contribution in [-0.4, -0.2) is 5.91 Å². The predicted molar refractivity (Wildman–Crippen MR) is 136 cm³/mol. The van der Waals surface area contributed by atoms with Crippen LogP contribution in [-0.2, 0) is 10.3 Å². The summed E-state index contributed by atoms with van der Waals surface area (Å²) in [4.78, 5) is 17.1. The van der Waals surface area contributed by atoms with Crippen LogP contribution >= 0.6 is 23.4 Å². The molecule has 6 rings (SSSR count). The van der Waals surface area contributed by atoms with Gasteiger partial charge in [-0.15, -0.1) is 11.8 Å². The number of anilines is 1. The Labute approximate surface area is 203 Å². The van der Waals surface area contributed by atoms with Gasteiger partial charge < -0.3 is 0 Å². The Hall–Kier alpha value is -3.01. The van der Waals surface area contributed by atoms with Gasteiger partial charge in [-0.05, 0) is 41.3 Å². The van der Waals surface area contributed by atoms with Gasteiger partial charge in [0.05, 0.1) is 17.1 Å². The summed E-state index contributed by atoms with van der Waals surface area (Å²) in [6.07, 6.45) is 0.769. The van der Waals surface area contributed by atoms with E-state index in [2.05, 4.69) is 59.5 Å². The molecule has 0 aromatic heterocycles. The van der Waals surface area contributed by atoms with Crippen LogP contribution in [0.3, 0.4) is 0 Å². The van der Waals surface area contributed by atoms with Gasteiger partial charge in [0.1, 0.15) is 0 Å². The molecule has 0 saturated carbocycles. The van der Waals surface area contributed by atoms with E-state index in [4.69, 9.17) is 11.6 Å². The van der Waals surface area contributed by atoms with Crippen molar-refractivity contribution in [1.82, 2.24) is 0 Å². The van der Waals surface area contributed by atoms with E-state index in [1.165, 1.54) is 0 Å². The van der Waals surface area contributed by atoms with Crippen molar-refractivity contribution in [2.45, 2.75) is 28.0 Å². The van der Waals surface area contributed by atoms with Crippen molar-refractivity contribution in [3.63, 3.8) is 0 Å². The maximum absolute atomic E-state index is 13.9. The molecule has 2 aliphatic rings. The van der Waals surface area contributed by atoms with Crippen molar-refractivity contribution in [3.8, 4) is 0 Å². The van der Waals surface area contributed by atoms with E-state index in [0.29, 0.717) is 0 Å². The van der Waals surface area contributed by atoms with Gasteiger partial charge >= 0.3 is 0 Å². The van der Waals surface area contributed by atoms with Crippen LogP contribution in [0, 0.1) is 0 Å². The second-order valence-corrected chi connectivity index (χ2v) is 10.3. The van der Waals surface area contributed by atoms with Crippen LogP contribution in [0.2, 0.25) is 5.02 Å². The summed E-state index contributed by atoms with van der Waals surface area (Å²) in [7, 11) is 0. The second kappa shape index (κ2) is 8.09. The summed E-state index contributed by atoms with van der Waals surface area (Å²) in [6.45, 7) is 0. The molecule has 0 unspecified atom stereocenters. The molecule has 1 fully saturated rings. The molecule has 0 radical (unpaired) electrons. The lowest BCUT2D eigenvalue weighted by Gasteiger charge is -2.58. The Morgan fingerprint density at radius 3 is 2.18 bits per heavy atom. The lowest BCUT2D eigenvalue weighted by Crippen LogP contribution is -2.67. The minimum atomic E-state index is -0.497. The molecule has 0 aliphatic carbocycles. The van der Waals surface area contributed by atoms with E-state index >= 15 is 0 Å². The molecule has 4 aromatic rings. The molecule has 2 heterocycles. The van der Waals surface area contributed by atoms with Gasteiger partial charge in [-0.25, -0.2) is 0 Å². The molecule has 0 spiro atoms. The molecule has 1 saturated heterocycles. The number of benzene rings is 4. The minimum absolute atomic E-state index is 0.101. The summed E-state index contributed by atoms with van der Waals surface area (Å²) in [5.41, 5.74) is 3.82. The first kappa shape index (κ1) is 20.6. The van der Waals surface area contributed by atoms with Gasteiger partial charge in [0.25, 0.3) is 0 Å². The standard InChI is InChI=1S/C29H22ClNOS/c30-23-16-8-7-15-22(23)26-19-29(21-13-5-2-6-14-21)27(20-11-3-1-4-12-20)28(32)31(29)24-17-9-10-18-25(24)33-26/h1-18,26-27H,19H2/t26-,27-,29+/m1/s1. The fourth-order valence-corrected chi connectivity index (χ4v) is 7.21. The van der Waals surface area contributed by atoms with Crippen LogP contribution in [0.1, 0.15) is 34.3 Å². The highest BCUT2D eigenvalue weighted by molar-refractivity contribution is 7.99. The lowest BCUT2D eigenvalue weighted by molar-refractivity contribution is -0.131. The number of rotatable bonds is 3. The normalized spacial score (nSPS) is 23.8. The van der Waals surface area contributed by atoms with Gasteiger partial charge in [-0.2, -0.15) is 0 Å². The second-order valence-electron chi connectivity index (χ2n) is 8.61. The molecule has 4 heteroatoms. The fraction of sp³-hybridized carbons (Fsp3) is 0.138. The van der Waals surface area contributed by atoms with E-state index in [1.807, 2.05) is 54.6 Å². The Kier molecular flexibility index (Phi) is 5.05. The Morgan fingerprint density at radius 1 is 0.788 bits per heavy atom. The molecule has 4 aromatic carbocycles. The molecule has 162 valence electrons. The van der Waals surface area contributed by atoms with Crippen molar-refractivity contribution in [2.75, 3.05) is 4.90 Å². The van der Waals surface area contributed by atoms with Gasteiger partial charge in [0.2, 0.25) is 5.91 Å². The monoisotopic (exact) mass is 467 g/mol. The van der Waals surface area contributed by atoms with Crippen LogP contribution in [0.25, 0.3) is 0 Å². The third kappa shape index (κ3) is 3.14. The molecular weight excluding hydrogens is 446 g/mol. The summed E-state index contributed by atoms with van der Waals surface area (Å²) in [6, 6.07) is 37.1. The van der Waals surface area contributed by atoms with Crippen molar-refractivity contribution >= 4 is 35.0 Å². The number of carbonyl (C=O) groups is 1. The van der Waals surface area contributed by atoms with Crippen LogP contribution < -0.4 is 4.90 Å². The van der Waals surface area contributed by atoms with E-state index in [9.17, 15) is 4.79 Å². The maximum atomic E-state index is 13.9. The number of nitrogens with zero attached hydrogens (tertiary/aromatic N) is 1. The van der Waals surface area contributed by atoms with E-state index in [0.717, 1.165) is 38.7 Å². The number of amides is 1. The SMILES string of the molecule is O=C1[C@@H](c2ccccc2)[C@@]2(c3ccccc3)C[C@H](c3ccccc3Cl)Sc3ccccc3N12. The molecule has 0 N–H and O–H groups in total. The first-order chi connectivity index (χ1) is 16.2. The predicted octanol–water partition coefficient (Wildman–Crippen LogP) is 7.60. The highest BCUT2D eigenvalue weighted by Gasteiger charge is 2.64. The largest absolute Gasteiger partial charge is 0.299 e. The molecule has 33 heavy (non-hydrogen) atoms. The smallest absolute Gasteiger partial charge is 0.238 e. The summed E-state index contributed by atoms with van der Waals surface area (Å²) >= 11 is 8.53. The number of fused-ring (bicyclic) bond motifs is 3. The van der Waals surface area contributed by atoms with Crippen molar-refractivity contribution in [3.05, 3.63) is 131 Å². The Bertz CT molecular complexity index is 1330. The molecule has 1 amide bonds. The molecule has 0 bridgehead atoms. The molecule has 3 atom stereocenters. The number of thioether (sulfide) groups is 1. The molecule has 2 aliphatic heterocycles. The van der Waals surface area contributed by atoms with Gasteiger partial charge in [-0.1, -0.05) is 103 Å². The Balaban J connectivity index is 1.62. The maximum Gasteiger partial charge on any atom is 0.238 e. The van der Waals surface area contributed by atoms with E-state index in [1.54, 1.807) is 11.8 Å². The van der Waals surface area contributed by atoms with Crippen LogP contribution in [0.4, 0.5) is 5.69 Å². The number of β-lactam (4-membered cyclic amide) rings is 1. The van der Waals surface area contributed by atoms with E-state index in [-0.39, 0.29) is 17.1 Å². The van der Waals surface area contributed by atoms with Gasteiger partial charge in [-0.3, -0.25) is 9.69 Å². The number of para-hydroxylation sites is 1. The number of halogens is 1. The van der Waals surface area contributed by atoms with Gasteiger partial charge in [0.15, 0.2) is 0 Å². The highest BCUT2D eigenvalue weighted by Crippen LogP contribution is 2.63. The van der Waals surface area contributed by atoms with Gasteiger partial charge in [0, 0.05) is 15.2 Å². The average Bonchev–Trinajstić information content (AvgIpc) is 2.98. The fourth-order valence-electron chi connectivity index (χ4n) is 5.47. The third-order valence-electron chi connectivity index (χ3n) is 6.87. The average molecular weight is 468 g/mol. The first-order valence-corrected chi connectivity index (χ1v) is 12.4. The van der Waals surface area contributed by atoms with Crippen LogP contribution in [0.5, 0.6) is 0 Å². The first-order valence-electron chi connectivity index (χ1n) is 11.1. The van der Waals surface area contributed by atoms with E-state index < -0.39 is 5.54 Å². The lowest BCUT2D eigenvalue weighted by atomic mass is 9.63. The zero-order valence-corrected chi connectivity index (χ0v) is 19.5. The molecular formula is C29H22ClNOS. The quantitative estimate of drug-likeness (QED) is 0.289. The van der Waals surface area contributed by atoms with Crippen molar-refractivity contribution in [1.29, 1.82) is 0 Å². The number of hydrogen-bond donors (Lipinski definition) is 0.